The Morgan fingerprint density at radius 3 is 3.07 bits per heavy atom. The van der Waals surface area contributed by atoms with Crippen LogP contribution in [0.2, 0.25) is 0 Å². The van der Waals surface area contributed by atoms with Crippen molar-refractivity contribution in [2.24, 2.45) is 4.99 Å². The third kappa shape index (κ3) is 1.65. The van der Waals surface area contributed by atoms with Crippen LogP contribution in [0.15, 0.2) is 4.99 Å². The monoisotopic (exact) mass is 212 g/mol. The molecule has 2 fully saturated rings. The van der Waals surface area contributed by atoms with Crippen LogP contribution in [0.1, 0.15) is 25.7 Å². The minimum atomic E-state index is 0.463. The summed E-state index contributed by atoms with van der Waals surface area (Å²) >= 11 is 1.86. The van der Waals surface area contributed by atoms with Gasteiger partial charge in [0.05, 0.1) is 18.2 Å². The molecule has 3 rings (SSSR count). The Morgan fingerprint density at radius 2 is 2.43 bits per heavy atom. The molecule has 14 heavy (non-hydrogen) atoms. The normalized spacial score (nSPS) is 41.1. The third-order valence-corrected chi connectivity index (χ3v) is 4.22. The number of rotatable bonds is 1. The molecule has 0 aliphatic carbocycles. The first-order chi connectivity index (χ1) is 6.92. The summed E-state index contributed by atoms with van der Waals surface area (Å²) in [5.41, 5.74) is 0. The van der Waals surface area contributed by atoms with E-state index in [1.54, 1.807) is 0 Å². The zero-order valence-electron chi connectivity index (χ0n) is 8.24. The molecule has 0 aromatic carbocycles. The summed E-state index contributed by atoms with van der Waals surface area (Å²) in [6, 6.07) is 0.540. The maximum absolute atomic E-state index is 5.80. The van der Waals surface area contributed by atoms with E-state index in [1.165, 1.54) is 31.4 Å². The van der Waals surface area contributed by atoms with E-state index in [4.69, 9.17) is 4.74 Å². The fourth-order valence-corrected chi connectivity index (χ4v) is 3.38. The summed E-state index contributed by atoms with van der Waals surface area (Å²) in [6.07, 6.45) is 5.91. The van der Waals surface area contributed by atoms with Crippen molar-refractivity contribution in [2.45, 2.75) is 43.9 Å². The molecule has 1 N–H and O–H groups in total. The van der Waals surface area contributed by atoms with Crippen LogP contribution >= 0.6 is 11.8 Å². The summed E-state index contributed by atoms with van der Waals surface area (Å²) in [7, 11) is 0. The largest absolute Gasteiger partial charge is 0.373 e. The molecule has 2 saturated heterocycles. The quantitative estimate of drug-likeness (QED) is 0.713. The summed E-state index contributed by atoms with van der Waals surface area (Å²) in [5.74, 6) is 1.22. The van der Waals surface area contributed by atoms with Gasteiger partial charge in [-0.1, -0.05) is 11.8 Å². The van der Waals surface area contributed by atoms with Crippen molar-refractivity contribution in [1.29, 1.82) is 0 Å². The molecule has 0 aromatic heterocycles. The summed E-state index contributed by atoms with van der Waals surface area (Å²) in [5, 5.41) is 4.69. The molecule has 3 heterocycles. The van der Waals surface area contributed by atoms with E-state index in [0.717, 1.165) is 11.7 Å². The van der Waals surface area contributed by atoms with E-state index < -0.39 is 0 Å². The van der Waals surface area contributed by atoms with Crippen LogP contribution in [0.4, 0.5) is 0 Å². The highest BCUT2D eigenvalue weighted by Crippen LogP contribution is 2.34. The van der Waals surface area contributed by atoms with E-state index in [0.29, 0.717) is 18.2 Å². The summed E-state index contributed by atoms with van der Waals surface area (Å²) < 4.78 is 5.80. The molecule has 3 unspecified atom stereocenters. The molecule has 3 atom stereocenters. The Kier molecular flexibility index (Phi) is 2.41. The predicted octanol–water partition coefficient (Wildman–Crippen LogP) is 1.39. The minimum Gasteiger partial charge on any atom is -0.373 e. The molecule has 3 aliphatic rings. The van der Waals surface area contributed by atoms with Crippen LogP contribution < -0.4 is 5.32 Å². The van der Waals surface area contributed by atoms with E-state index >= 15 is 0 Å². The molecule has 0 radical (unpaired) electrons. The molecule has 0 saturated carbocycles. The predicted molar refractivity (Wildman–Crippen MR) is 58.8 cm³/mol. The van der Waals surface area contributed by atoms with Gasteiger partial charge in [-0.2, -0.15) is 0 Å². The average Bonchev–Trinajstić information content (AvgIpc) is 2.81. The van der Waals surface area contributed by atoms with Crippen molar-refractivity contribution in [3.63, 3.8) is 0 Å². The Balaban J connectivity index is 1.59. The van der Waals surface area contributed by atoms with Gasteiger partial charge >= 0.3 is 0 Å². The molecule has 4 heteroatoms. The zero-order valence-corrected chi connectivity index (χ0v) is 9.05. The lowest BCUT2D eigenvalue weighted by Crippen LogP contribution is -2.41. The van der Waals surface area contributed by atoms with Crippen molar-refractivity contribution in [2.75, 3.05) is 12.3 Å². The molecule has 2 bridgehead atoms. The van der Waals surface area contributed by atoms with E-state index in [9.17, 15) is 0 Å². The smallest absolute Gasteiger partial charge is 0.156 e. The average molecular weight is 212 g/mol. The highest BCUT2D eigenvalue weighted by Gasteiger charge is 2.41. The zero-order chi connectivity index (χ0) is 9.38. The molecule has 0 aromatic rings. The lowest BCUT2D eigenvalue weighted by molar-refractivity contribution is 0.0994. The minimum absolute atomic E-state index is 0.463. The molecule has 78 valence electrons. The van der Waals surface area contributed by atoms with Crippen LogP contribution in [-0.4, -0.2) is 35.7 Å². The van der Waals surface area contributed by atoms with E-state index in [-0.39, 0.29) is 0 Å². The van der Waals surface area contributed by atoms with Crippen molar-refractivity contribution in [1.82, 2.24) is 5.32 Å². The molecule has 0 spiro atoms. The van der Waals surface area contributed by atoms with Gasteiger partial charge in [-0.05, 0) is 25.7 Å². The second-order valence-electron chi connectivity index (χ2n) is 4.25. The molecule has 3 nitrogen and oxygen atoms in total. The topological polar surface area (TPSA) is 33.6 Å². The van der Waals surface area contributed by atoms with Crippen molar-refractivity contribution in [3.05, 3.63) is 0 Å². The standard InChI is InChI=1S/C10H16N2OS/c1-4-11-10(14-5-1)12-8-6-7-2-3-9(8)13-7/h7-9H,1-6H2,(H,11,12). The first kappa shape index (κ1) is 9.04. The number of amidine groups is 1. The Morgan fingerprint density at radius 1 is 1.43 bits per heavy atom. The van der Waals surface area contributed by atoms with Gasteiger partial charge < -0.3 is 10.1 Å². The summed E-state index contributed by atoms with van der Waals surface area (Å²) in [4.78, 5) is 4.49. The number of nitrogens with zero attached hydrogens (tertiary/aromatic N) is 1. The van der Waals surface area contributed by atoms with E-state index in [1.807, 2.05) is 11.8 Å². The highest BCUT2D eigenvalue weighted by molar-refractivity contribution is 8.13. The second kappa shape index (κ2) is 3.74. The van der Waals surface area contributed by atoms with Crippen LogP contribution in [0.3, 0.4) is 0 Å². The number of thioether (sulfide) groups is 1. The number of fused-ring (bicyclic) bond motifs is 2. The van der Waals surface area contributed by atoms with Crippen molar-refractivity contribution < 1.29 is 4.74 Å². The SMILES string of the molecule is C1CN=C(NC2CC3CCC2O3)SC1. The fraction of sp³-hybridized carbons (Fsp3) is 0.900. The number of ether oxygens (including phenoxy) is 1. The van der Waals surface area contributed by atoms with Gasteiger partial charge in [-0.25, -0.2) is 0 Å². The molecule has 3 aliphatic heterocycles. The van der Waals surface area contributed by atoms with E-state index in [2.05, 4.69) is 10.3 Å². The number of aliphatic imine (C=N–C) groups is 1. The fourth-order valence-electron chi connectivity index (χ4n) is 2.50. The van der Waals surface area contributed by atoms with Gasteiger partial charge in [0.25, 0.3) is 0 Å². The number of nitrogens with one attached hydrogen (secondary N) is 1. The third-order valence-electron chi connectivity index (χ3n) is 3.21. The van der Waals surface area contributed by atoms with Gasteiger partial charge in [0.15, 0.2) is 5.17 Å². The first-order valence-electron chi connectivity index (χ1n) is 5.51. The number of hydrogen-bond donors (Lipinski definition) is 1. The molecular formula is C10H16N2OS. The van der Waals surface area contributed by atoms with Gasteiger partial charge in [0.2, 0.25) is 0 Å². The first-order valence-corrected chi connectivity index (χ1v) is 6.49. The Labute approximate surface area is 88.7 Å². The number of hydrogen-bond acceptors (Lipinski definition) is 4. The van der Waals surface area contributed by atoms with Crippen molar-refractivity contribution in [3.8, 4) is 0 Å². The Hall–Kier alpha value is -0.220. The maximum atomic E-state index is 5.80. The summed E-state index contributed by atoms with van der Waals surface area (Å²) in [6.45, 7) is 0.997. The highest BCUT2D eigenvalue weighted by atomic mass is 32.2. The van der Waals surface area contributed by atoms with Crippen LogP contribution in [0.5, 0.6) is 0 Å². The maximum Gasteiger partial charge on any atom is 0.156 e. The molecular weight excluding hydrogens is 196 g/mol. The Bertz CT molecular complexity index is 257. The van der Waals surface area contributed by atoms with Crippen molar-refractivity contribution >= 4 is 16.9 Å². The van der Waals surface area contributed by atoms with Crippen LogP contribution in [-0.2, 0) is 4.74 Å². The van der Waals surface area contributed by atoms with Gasteiger partial charge in [-0.15, -0.1) is 0 Å². The van der Waals surface area contributed by atoms with Gasteiger partial charge in [-0.3, -0.25) is 4.99 Å². The second-order valence-corrected chi connectivity index (χ2v) is 5.33. The van der Waals surface area contributed by atoms with Crippen LogP contribution in [0.25, 0.3) is 0 Å². The molecule has 0 amide bonds. The lowest BCUT2D eigenvalue weighted by atomic mass is 9.96. The van der Waals surface area contributed by atoms with Gasteiger partial charge in [0, 0.05) is 12.3 Å². The van der Waals surface area contributed by atoms with Crippen LogP contribution in [0, 0.1) is 0 Å². The van der Waals surface area contributed by atoms with Gasteiger partial charge in [0.1, 0.15) is 0 Å². The lowest BCUT2D eigenvalue weighted by Gasteiger charge is -2.23.